The molecule has 5 saturated heterocycles. The van der Waals surface area contributed by atoms with Crippen LogP contribution in [0, 0.1) is 0 Å². The molecular weight excluding hydrogens is 378 g/mol. The number of piperidine rings is 1. The van der Waals surface area contributed by atoms with Gasteiger partial charge in [-0.1, -0.05) is 6.42 Å². The summed E-state index contributed by atoms with van der Waals surface area (Å²) in [5.41, 5.74) is 0. The monoisotopic (exact) mass is 421 g/mol. The largest absolute Gasteiger partial charge is 0.379 e. The summed E-state index contributed by atoms with van der Waals surface area (Å²) in [6.07, 6.45) is 6.67. The Bertz CT molecular complexity index is 536. The van der Waals surface area contributed by atoms with Crippen molar-refractivity contribution in [1.29, 1.82) is 0 Å². The first kappa shape index (κ1) is 21.5. The van der Waals surface area contributed by atoms with E-state index in [0.29, 0.717) is 0 Å². The topological polar surface area (TPSA) is 49.5 Å². The van der Waals surface area contributed by atoms with E-state index < -0.39 is 0 Å². The number of rotatable bonds is 4. The Morgan fingerprint density at radius 3 is 1.80 bits per heavy atom. The number of nitrogens with one attached hydrogen (secondary N) is 2. The minimum atomic E-state index is -0.201. The minimum Gasteiger partial charge on any atom is -0.379 e. The van der Waals surface area contributed by atoms with Crippen LogP contribution in [0.1, 0.15) is 32.1 Å². The predicted octanol–water partition coefficient (Wildman–Crippen LogP) is -0.352. The van der Waals surface area contributed by atoms with E-state index in [4.69, 9.17) is 4.74 Å². The van der Waals surface area contributed by atoms with Crippen LogP contribution in [-0.4, -0.2) is 135 Å². The number of ether oxygens (including phenoxy) is 1. The average molecular weight is 422 g/mol. The number of likely N-dealkylation sites (tertiary alicyclic amines) is 2. The van der Waals surface area contributed by atoms with Gasteiger partial charge in [0.2, 0.25) is 0 Å². The molecule has 5 fully saturated rings. The molecule has 2 atom stereocenters. The molecule has 0 bridgehead atoms. The standard InChI is InChI=1S/C22H43N7O/c1-25-14-9-24-21(26-15-7-23-8-16-26,27-17-19-30-20-18-27)22(25,29-12-5-6-13-29)28-10-3-2-4-11-28/h23-24H,2-20H2,1H3. The molecule has 5 heterocycles. The molecule has 0 aromatic rings. The number of likely N-dealkylation sites (N-methyl/N-ethyl adjacent to an activating group) is 1. The van der Waals surface area contributed by atoms with E-state index in [2.05, 4.69) is 42.2 Å². The summed E-state index contributed by atoms with van der Waals surface area (Å²) in [5.74, 6) is -0.329. The highest BCUT2D eigenvalue weighted by Gasteiger charge is 2.67. The molecule has 2 unspecified atom stereocenters. The lowest BCUT2D eigenvalue weighted by atomic mass is 9.93. The lowest BCUT2D eigenvalue weighted by molar-refractivity contribution is -0.319. The van der Waals surface area contributed by atoms with Crippen molar-refractivity contribution >= 4 is 0 Å². The highest BCUT2D eigenvalue weighted by Crippen LogP contribution is 2.45. The van der Waals surface area contributed by atoms with Gasteiger partial charge in [0.15, 0.2) is 11.6 Å². The van der Waals surface area contributed by atoms with E-state index >= 15 is 0 Å². The second-order valence-electron chi connectivity index (χ2n) is 9.73. The molecule has 8 nitrogen and oxygen atoms in total. The Morgan fingerprint density at radius 2 is 1.17 bits per heavy atom. The Balaban J connectivity index is 1.66. The molecule has 0 aromatic carbocycles. The van der Waals surface area contributed by atoms with Crippen LogP contribution in [0.25, 0.3) is 0 Å². The van der Waals surface area contributed by atoms with E-state index in [1.807, 2.05) is 0 Å². The Labute approximate surface area is 182 Å². The quantitative estimate of drug-likeness (QED) is 0.639. The molecule has 5 aliphatic heterocycles. The van der Waals surface area contributed by atoms with Gasteiger partial charge in [-0.05, 0) is 32.7 Å². The molecule has 2 N–H and O–H groups in total. The summed E-state index contributed by atoms with van der Waals surface area (Å²) < 4.78 is 5.85. The van der Waals surface area contributed by atoms with Crippen molar-refractivity contribution in [2.45, 2.75) is 43.7 Å². The van der Waals surface area contributed by atoms with Crippen LogP contribution in [0.15, 0.2) is 0 Å². The highest BCUT2D eigenvalue weighted by molar-refractivity contribution is 5.13. The second kappa shape index (κ2) is 9.27. The van der Waals surface area contributed by atoms with E-state index in [1.165, 1.54) is 58.3 Å². The van der Waals surface area contributed by atoms with Crippen molar-refractivity contribution in [2.24, 2.45) is 0 Å². The van der Waals surface area contributed by atoms with Gasteiger partial charge < -0.3 is 10.1 Å². The minimum absolute atomic E-state index is 0.128. The number of piperazine rings is 2. The lowest BCUT2D eigenvalue weighted by Crippen LogP contribution is -2.94. The fourth-order valence-corrected chi connectivity index (χ4v) is 7.02. The molecule has 0 saturated carbocycles. The lowest BCUT2D eigenvalue weighted by Gasteiger charge is -2.71. The van der Waals surface area contributed by atoms with Crippen LogP contribution < -0.4 is 10.6 Å². The fraction of sp³-hybridized carbons (Fsp3) is 1.00. The Hall–Kier alpha value is -0.320. The molecule has 0 amide bonds. The van der Waals surface area contributed by atoms with Gasteiger partial charge in [0.1, 0.15) is 0 Å². The molecule has 0 aliphatic carbocycles. The van der Waals surface area contributed by atoms with Gasteiger partial charge in [0.05, 0.1) is 13.2 Å². The third kappa shape index (κ3) is 3.35. The summed E-state index contributed by atoms with van der Waals surface area (Å²) in [6.45, 7) is 15.0. The van der Waals surface area contributed by atoms with Crippen molar-refractivity contribution in [3.63, 3.8) is 0 Å². The number of morpholine rings is 1. The maximum atomic E-state index is 5.85. The molecule has 5 rings (SSSR count). The van der Waals surface area contributed by atoms with Gasteiger partial charge in [-0.15, -0.1) is 0 Å². The van der Waals surface area contributed by atoms with Gasteiger partial charge in [-0.2, -0.15) is 0 Å². The number of hydrogen-bond donors (Lipinski definition) is 2. The summed E-state index contributed by atoms with van der Waals surface area (Å²) >= 11 is 0. The van der Waals surface area contributed by atoms with Crippen molar-refractivity contribution in [3.8, 4) is 0 Å². The van der Waals surface area contributed by atoms with Crippen molar-refractivity contribution in [1.82, 2.24) is 35.1 Å². The normalized spacial score (nSPS) is 39.5. The van der Waals surface area contributed by atoms with Crippen LogP contribution in [0.5, 0.6) is 0 Å². The van der Waals surface area contributed by atoms with Gasteiger partial charge in [0, 0.05) is 78.5 Å². The van der Waals surface area contributed by atoms with E-state index in [9.17, 15) is 0 Å². The van der Waals surface area contributed by atoms with Crippen LogP contribution in [0.2, 0.25) is 0 Å². The smallest absolute Gasteiger partial charge is 0.178 e. The maximum absolute atomic E-state index is 5.85. The molecule has 8 heteroatoms. The SMILES string of the molecule is CN1CCNC(N2CCNCC2)(N2CCOCC2)C1(N1CCCCC1)N1CCCC1. The Kier molecular flexibility index (Phi) is 6.65. The van der Waals surface area contributed by atoms with E-state index in [1.54, 1.807) is 0 Å². The molecule has 30 heavy (non-hydrogen) atoms. The zero-order valence-electron chi connectivity index (χ0n) is 19.1. The molecule has 0 aromatic heterocycles. The van der Waals surface area contributed by atoms with Crippen LogP contribution in [0.3, 0.4) is 0 Å². The predicted molar refractivity (Wildman–Crippen MR) is 119 cm³/mol. The first-order valence-electron chi connectivity index (χ1n) is 12.5. The van der Waals surface area contributed by atoms with Crippen molar-refractivity contribution < 1.29 is 4.74 Å². The molecule has 5 aliphatic rings. The summed E-state index contributed by atoms with van der Waals surface area (Å²) in [4.78, 5) is 14.0. The van der Waals surface area contributed by atoms with Crippen LogP contribution >= 0.6 is 0 Å². The first-order valence-corrected chi connectivity index (χ1v) is 12.5. The summed E-state index contributed by atoms with van der Waals surface area (Å²) in [7, 11) is 2.41. The third-order valence-electron chi connectivity index (χ3n) is 8.21. The molecule has 0 radical (unpaired) electrons. The number of nitrogens with zero attached hydrogens (tertiary/aromatic N) is 5. The van der Waals surface area contributed by atoms with Gasteiger partial charge >= 0.3 is 0 Å². The highest BCUT2D eigenvalue weighted by atomic mass is 16.5. The first-order chi connectivity index (χ1) is 14.8. The fourth-order valence-electron chi connectivity index (χ4n) is 7.02. The summed E-state index contributed by atoms with van der Waals surface area (Å²) in [6, 6.07) is 0. The zero-order chi connectivity index (χ0) is 20.4. The van der Waals surface area contributed by atoms with E-state index in [0.717, 1.165) is 65.6 Å². The van der Waals surface area contributed by atoms with Gasteiger partial charge in [0.25, 0.3) is 0 Å². The maximum Gasteiger partial charge on any atom is 0.178 e. The molecule has 0 spiro atoms. The van der Waals surface area contributed by atoms with Crippen molar-refractivity contribution in [3.05, 3.63) is 0 Å². The van der Waals surface area contributed by atoms with Gasteiger partial charge in [-0.3, -0.25) is 29.8 Å². The molecule has 172 valence electrons. The second-order valence-corrected chi connectivity index (χ2v) is 9.73. The average Bonchev–Trinajstić information content (AvgIpc) is 3.36. The van der Waals surface area contributed by atoms with E-state index in [-0.39, 0.29) is 11.6 Å². The van der Waals surface area contributed by atoms with Crippen LogP contribution in [0.4, 0.5) is 0 Å². The zero-order valence-corrected chi connectivity index (χ0v) is 19.1. The molecular formula is C22H43N7O. The number of hydrogen-bond acceptors (Lipinski definition) is 8. The third-order valence-corrected chi connectivity index (χ3v) is 8.21. The van der Waals surface area contributed by atoms with Crippen LogP contribution in [-0.2, 0) is 4.74 Å². The van der Waals surface area contributed by atoms with Gasteiger partial charge in [-0.25, -0.2) is 0 Å². The summed E-state index contributed by atoms with van der Waals surface area (Å²) in [5, 5.41) is 7.82. The Morgan fingerprint density at radius 1 is 0.600 bits per heavy atom. The van der Waals surface area contributed by atoms with Crippen molar-refractivity contribution in [2.75, 3.05) is 98.8 Å².